The van der Waals surface area contributed by atoms with Gasteiger partial charge in [0.05, 0.1) is 13.2 Å². The van der Waals surface area contributed by atoms with E-state index in [1.165, 1.54) is 0 Å². The third-order valence-electron chi connectivity index (χ3n) is 2.28. The van der Waals surface area contributed by atoms with Crippen molar-refractivity contribution in [3.63, 3.8) is 0 Å². The van der Waals surface area contributed by atoms with Crippen molar-refractivity contribution in [3.8, 4) is 0 Å². The van der Waals surface area contributed by atoms with Gasteiger partial charge >= 0.3 is 0 Å². The lowest BCUT2D eigenvalue weighted by Gasteiger charge is -2.29. The van der Waals surface area contributed by atoms with E-state index in [4.69, 9.17) is 10.5 Å². The average Bonchev–Trinajstić information content (AvgIpc) is 2.13. The number of rotatable bonds is 7. The molecule has 0 saturated carbocycles. The highest BCUT2D eigenvalue weighted by atomic mass is 16.5. The first kappa shape index (κ1) is 11.9. The van der Waals surface area contributed by atoms with Gasteiger partial charge in [0, 0.05) is 19.1 Å². The van der Waals surface area contributed by atoms with Crippen LogP contribution in [0.4, 0.5) is 0 Å². The molecule has 0 radical (unpaired) electrons. The van der Waals surface area contributed by atoms with Crippen molar-refractivity contribution in [2.45, 2.75) is 26.2 Å². The minimum absolute atomic E-state index is 0.122. The Labute approximate surface area is 74.9 Å². The van der Waals surface area contributed by atoms with E-state index in [2.05, 4.69) is 6.92 Å². The van der Waals surface area contributed by atoms with E-state index in [0.29, 0.717) is 13.2 Å². The Morgan fingerprint density at radius 2 is 2.17 bits per heavy atom. The van der Waals surface area contributed by atoms with Crippen molar-refractivity contribution in [1.29, 1.82) is 0 Å². The van der Waals surface area contributed by atoms with E-state index in [1.807, 2.05) is 0 Å². The summed E-state index contributed by atoms with van der Waals surface area (Å²) in [6.45, 7) is 3.31. The number of aliphatic hydroxyl groups excluding tert-OH is 1. The lowest BCUT2D eigenvalue weighted by molar-refractivity contribution is 0.0278. The first-order valence-electron chi connectivity index (χ1n) is 4.54. The minimum atomic E-state index is -0.204. The van der Waals surface area contributed by atoms with Gasteiger partial charge in [0.1, 0.15) is 0 Å². The van der Waals surface area contributed by atoms with Crippen LogP contribution in [0.2, 0.25) is 0 Å². The van der Waals surface area contributed by atoms with E-state index in [9.17, 15) is 5.11 Å². The quantitative estimate of drug-likeness (QED) is 0.600. The molecule has 0 heterocycles. The Bertz CT molecular complexity index is 103. The van der Waals surface area contributed by atoms with Gasteiger partial charge in [-0.1, -0.05) is 19.8 Å². The summed E-state index contributed by atoms with van der Waals surface area (Å²) >= 11 is 0. The van der Waals surface area contributed by atoms with Gasteiger partial charge in [-0.3, -0.25) is 0 Å². The number of nitrogens with two attached hydrogens (primary N) is 1. The third kappa shape index (κ3) is 3.52. The van der Waals surface area contributed by atoms with Crippen molar-refractivity contribution in [3.05, 3.63) is 0 Å². The molecule has 0 aliphatic heterocycles. The highest BCUT2D eigenvalue weighted by Gasteiger charge is 2.26. The maximum atomic E-state index is 9.17. The van der Waals surface area contributed by atoms with Crippen molar-refractivity contribution in [2.75, 3.05) is 26.9 Å². The second kappa shape index (κ2) is 6.40. The second-order valence-electron chi connectivity index (χ2n) is 3.40. The van der Waals surface area contributed by atoms with Gasteiger partial charge in [-0.05, 0) is 6.42 Å². The van der Waals surface area contributed by atoms with Crippen LogP contribution in [0.5, 0.6) is 0 Å². The second-order valence-corrected chi connectivity index (χ2v) is 3.40. The zero-order chi connectivity index (χ0) is 9.45. The first-order valence-corrected chi connectivity index (χ1v) is 4.54. The predicted molar refractivity (Wildman–Crippen MR) is 50.0 cm³/mol. The number of aliphatic hydroxyl groups is 1. The first-order chi connectivity index (χ1) is 5.74. The van der Waals surface area contributed by atoms with Crippen LogP contribution in [-0.2, 0) is 4.74 Å². The molecule has 0 amide bonds. The number of methoxy groups -OCH3 is 1. The van der Waals surface area contributed by atoms with E-state index >= 15 is 0 Å². The summed E-state index contributed by atoms with van der Waals surface area (Å²) in [4.78, 5) is 0. The van der Waals surface area contributed by atoms with Crippen LogP contribution >= 0.6 is 0 Å². The number of unbranched alkanes of at least 4 members (excludes halogenated alkanes) is 1. The monoisotopic (exact) mass is 175 g/mol. The van der Waals surface area contributed by atoms with E-state index in [-0.39, 0.29) is 12.0 Å². The zero-order valence-electron chi connectivity index (χ0n) is 8.18. The summed E-state index contributed by atoms with van der Waals surface area (Å²) in [7, 11) is 1.64. The smallest absolute Gasteiger partial charge is 0.0552 e. The zero-order valence-corrected chi connectivity index (χ0v) is 8.18. The molecule has 12 heavy (non-hydrogen) atoms. The van der Waals surface area contributed by atoms with E-state index < -0.39 is 0 Å². The molecule has 0 bridgehead atoms. The number of hydrogen-bond donors (Lipinski definition) is 2. The van der Waals surface area contributed by atoms with Crippen LogP contribution in [0, 0.1) is 5.41 Å². The van der Waals surface area contributed by atoms with Crippen molar-refractivity contribution in [2.24, 2.45) is 11.1 Å². The molecule has 0 spiro atoms. The Kier molecular flexibility index (Phi) is 6.34. The molecule has 0 fully saturated rings. The van der Waals surface area contributed by atoms with Gasteiger partial charge in [-0.15, -0.1) is 0 Å². The SMILES string of the molecule is CCCCC(CN)(CO)COC. The Morgan fingerprint density at radius 1 is 1.50 bits per heavy atom. The molecule has 0 aromatic carbocycles. The average molecular weight is 175 g/mol. The third-order valence-corrected chi connectivity index (χ3v) is 2.28. The molecule has 0 aliphatic carbocycles. The lowest BCUT2D eigenvalue weighted by Crippen LogP contribution is -2.38. The molecule has 3 heteroatoms. The summed E-state index contributed by atoms with van der Waals surface area (Å²) in [6.07, 6.45) is 3.18. The maximum Gasteiger partial charge on any atom is 0.0552 e. The summed E-state index contributed by atoms with van der Waals surface area (Å²) in [5.41, 5.74) is 5.40. The predicted octanol–water partition coefficient (Wildman–Crippen LogP) is 0.760. The summed E-state index contributed by atoms with van der Waals surface area (Å²) < 4.78 is 5.05. The molecule has 0 rings (SSSR count). The Balaban J connectivity index is 3.95. The summed E-state index contributed by atoms with van der Waals surface area (Å²) in [5, 5.41) is 9.17. The molecule has 74 valence electrons. The fraction of sp³-hybridized carbons (Fsp3) is 1.00. The Hall–Kier alpha value is -0.120. The molecule has 3 N–H and O–H groups in total. The van der Waals surface area contributed by atoms with Crippen LogP contribution in [0.25, 0.3) is 0 Å². The van der Waals surface area contributed by atoms with Crippen molar-refractivity contribution >= 4 is 0 Å². The van der Waals surface area contributed by atoms with Gasteiger partial charge in [-0.25, -0.2) is 0 Å². The van der Waals surface area contributed by atoms with Crippen LogP contribution in [-0.4, -0.2) is 32.0 Å². The topological polar surface area (TPSA) is 55.5 Å². The van der Waals surface area contributed by atoms with Gasteiger partial charge in [0.2, 0.25) is 0 Å². The van der Waals surface area contributed by atoms with Crippen molar-refractivity contribution < 1.29 is 9.84 Å². The molecule has 1 unspecified atom stereocenters. The molecule has 0 saturated heterocycles. The van der Waals surface area contributed by atoms with E-state index in [0.717, 1.165) is 19.3 Å². The fourth-order valence-corrected chi connectivity index (χ4v) is 1.28. The fourth-order valence-electron chi connectivity index (χ4n) is 1.28. The molecular formula is C9H21NO2. The van der Waals surface area contributed by atoms with Crippen LogP contribution in [0.15, 0.2) is 0 Å². The van der Waals surface area contributed by atoms with Crippen LogP contribution in [0.3, 0.4) is 0 Å². The highest BCUT2D eigenvalue weighted by molar-refractivity contribution is 4.79. The molecule has 1 atom stereocenters. The van der Waals surface area contributed by atoms with E-state index in [1.54, 1.807) is 7.11 Å². The van der Waals surface area contributed by atoms with Gasteiger partial charge in [0.25, 0.3) is 0 Å². The lowest BCUT2D eigenvalue weighted by atomic mass is 9.84. The molecule has 0 aromatic rings. The van der Waals surface area contributed by atoms with Crippen molar-refractivity contribution in [1.82, 2.24) is 0 Å². The number of ether oxygens (including phenoxy) is 1. The molecule has 3 nitrogen and oxygen atoms in total. The molecule has 0 aromatic heterocycles. The maximum absolute atomic E-state index is 9.17. The van der Waals surface area contributed by atoms with Gasteiger partial charge < -0.3 is 15.6 Å². The normalized spacial score (nSPS) is 16.0. The van der Waals surface area contributed by atoms with Gasteiger partial charge in [0.15, 0.2) is 0 Å². The minimum Gasteiger partial charge on any atom is -0.396 e. The van der Waals surface area contributed by atoms with Crippen LogP contribution in [0.1, 0.15) is 26.2 Å². The largest absolute Gasteiger partial charge is 0.396 e. The summed E-state index contributed by atoms with van der Waals surface area (Å²) in [5.74, 6) is 0. The standard InChI is InChI=1S/C9H21NO2/c1-3-4-5-9(6-10,7-11)8-12-2/h11H,3-8,10H2,1-2H3. The van der Waals surface area contributed by atoms with Crippen LogP contribution < -0.4 is 5.73 Å². The number of hydrogen-bond acceptors (Lipinski definition) is 3. The Morgan fingerprint density at radius 3 is 2.50 bits per heavy atom. The highest BCUT2D eigenvalue weighted by Crippen LogP contribution is 2.22. The molecular weight excluding hydrogens is 154 g/mol. The summed E-state index contributed by atoms with van der Waals surface area (Å²) in [6, 6.07) is 0. The molecule has 0 aliphatic rings. The van der Waals surface area contributed by atoms with Gasteiger partial charge in [-0.2, -0.15) is 0 Å².